The van der Waals surface area contributed by atoms with E-state index in [1.54, 1.807) is 0 Å². The van der Waals surface area contributed by atoms with Gasteiger partial charge >= 0.3 is 19.8 Å². The van der Waals surface area contributed by atoms with E-state index in [1.165, 1.54) is 167 Å². The molecule has 0 aromatic rings. The second-order valence-corrected chi connectivity index (χ2v) is 17.4. The molecule has 2 atom stereocenters. The van der Waals surface area contributed by atoms with Gasteiger partial charge in [-0.15, -0.1) is 0 Å². The fraction of sp³-hybridized carbons (Fsp3) is 0.913. The SMILES string of the molecule is CCCC/C=C/CCCCCCCCCCCC(=O)O[C@H](COC(=O)CCCCCCCCCCCCCCCCCCCCCC)COP(=O)(O)OCCN. The highest BCUT2D eigenvalue weighted by molar-refractivity contribution is 7.47. The highest BCUT2D eigenvalue weighted by Gasteiger charge is 2.26. The molecular weight excluding hydrogens is 725 g/mol. The van der Waals surface area contributed by atoms with Gasteiger partial charge in [0.25, 0.3) is 0 Å². The van der Waals surface area contributed by atoms with Crippen molar-refractivity contribution >= 4 is 19.8 Å². The molecule has 10 heteroatoms. The molecule has 1 unspecified atom stereocenters. The summed E-state index contributed by atoms with van der Waals surface area (Å²) in [7, 11) is -4.37. The Labute approximate surface area is 345 Å². The second-order valence-electron chi connectivity index (χ2n) is 16.0. The third kappa shape index (κ3) is 42.4. The third-order valence-corrected chi connectivity index (χ3v) is 11.4. The first-order valence-corrected chi connectivity index (χ1v) is 25.2. The molecule has 0 aromatic heterocycles. The molecule has 0 aliphatic heterocycles. The molecule has 0 fully saturated rings. The summed E-state index contributed by atoms with van der Waals surface area (Å²) in [5.41, 5.74) is 5.36. The van der Waals surface area contributed by atoms with Crippen LogP contribution in [0, 0.1) is 0 Å². The normalized spacial score (nSPS) is 13.3. The summed E-state index contributed by atoms with van der Waals surface area (Å²) in [4.78, 5) is 34.9. The number of hydrogen-bond donors (Lipinski definition) is 2. The Bertz CT molecular complexity index is 933. The summed E-state index contributed by atoms with van der Waals surface area (Å²) in [6.45, 7) is 3.74. The standard InChI is InChI=1S/C46H90NO8P/c1-3-5-7-9-11-13-15-17-19-20-21-22-23-25-26-28-30-32-34-36-38-45(48)52-42-44(43-54-56(50,51)53-41-40-47)55-46(49)39-37-35-33-31-29-27-24-18-16-14-12-10-8-6-4-2/h10,12,44H,3-9,11,13-43,47H2,1-2H3,(H,50,51)/b12-10+/t44-/m1/s1. The number of phosphoric acid groups is 1. The molecule has 0 bridgehead atoms. The van der Waals surface area contributed by atoms with Gasteiger partial charge in [-0.1, -0.05) is 206 Å². The first-order chi connectivity index (χ1) is 27.3. The Morgan fingerprint density at radius 2 is 0.893 bits per heavy atom. The van der Waals surface area contributed by atoms with Gasteiger partial charge in [0.05, 0.1) is 13.2 Å². The Morgan fingerprint density at radius 1 is 0.518 bits per heavy atom. The molecule has 9 nitrogen and oxygen atoms in total. The average molecular weight is 816 g/mol. The van der Waals surface area contributed by atoms with Crippen molar-refractivity contribution in [3.05, 3.63) is 12.2 Å². The zero-order valence-corrected chi connectivity index (χ0v) is 37.5. The smallest absolute Gasteiger partial charge is 0.462 e. The summed E-state index contributed by atoms with van der Waals surface area (Å²) in [6, 6.07) is 0. The van der Waals surface area contributed by atoms with Crippen LogP contribution in [0.4, 0.5) is 0 Å². The predicted octanol–water partition coefficient (Wildman–Crippen LogP) is 13.8. The number of hydrogen-bond acceptors (Lipinski definition) is 8. The van der Waals surface area contributed by atoms with Crippen molar-refractivity contribution in [2.75, 3.05) is 26.4 Å². The molecule has 0 heterocycles. The van der Waals surface area contributed by atoms with E-state index in [-0.39, 0.29) is 38.6 Å². The molecule has 56 heavy (non-hydrogen) atoms. The zero-order valence-electron chi connectivity index (χ0n) is 36.6. The van der Waals surface area contributed by atoms with Gasteiger partial charge in [0, 0.05) is 19.4 Å². The van der Waals surface area contributed by atoms with E-state index in [1.807, 2.05) is 0 Å². The van der Waals surface area contributed by atoms with Gasteiger partial charge in [0.1, 0.15) is 6.61 Å². The van der Waals surface area contributed by atoms with Crippen molar-refractivity contribution in [3.63, 3.8) is 0 Å². The van der Waals surface area contributed by atoms with Crippen molar-refractivity contribution < 1.29 is 37.6 Å². The predicted molar refractivity (Wildman–Crippen MR) is 234 cm³/mol. The molecule has 332 valence electrons. The third-order valence-electron chi connectivity index (χ3n) is 10.4. The number of unbranched alkanes of at least 4 members (excludes halogenated alkanes) is 30. The van der Waals surface area contributed by atoms with Crippen LogP contribution in [0.15, 0.2) is 12.2 Å². The van der Waals surface area contributed by atoms with E-state index in [4.69, 9.17) is 24.3 Å². The lowest BCUT2D eigenvalue weighted by Crippen LogP contribution is -2.29. The number of allylic oxidation sites excluding steroid dienone is 2. The molecule has 0 spiro atoms. The Balaban J connectivity index is 4.03. The van der Waals surface area contributed by atoms with Crippen LogP contribution in [0.2, 0.25) is 0 Å². The van der Waals surface area contributed by atoms with Crippen LogP contribution in [0.1, 0.15) is 239 Å². The fourth-order valence-electron chi connectivity index (χ4n) is 6.85. The summed E-state index contributed by atoms with van der Waals surface area (Å²) >= 11 is 0. The monoisotopic (exact) mass is 816 g/mol. The van der Waals surface area contributed by atoms with Crippen molar-refractivity contribution in [1.29, 1.82) is 0 Å². The van der Waals surface area contributed by atoms with E-state index in [2.05, 4.69) is 26.0 Å². The minimum absolute atomic E-state index is 0.0561. The number of esters is 2. The van der Waals surface area contributed by atoms with Gasteiger partial charge in [0.15, 0.2) is 6.10 Å². The van der Waals surface area contributed by atoms with E-state index >= 15 is 0 Å². The van der Waals surface area contributed by atoms with Crippen molar-refractivity contribution in [2.45, 2.75) is 245 Å². The van der Waals surface area contributed by atoms with Gasteiger partial charge in [-0.2, -0.15) is 0 Å². The zero-order chi connectivity index (χ0) is 41.1. The maximum atomic E-state index is 12.6. The minimum atomic E-state index is -4.37. The van der Waals surface area contributed by atoms with E-state index in [0.29, 0.717) is 6.42 Å². The fourth-order valence-corrected chi connectivity index (χ4v) is 7.62. The van der Waals surface area contributed by atoms with Crippen LogP contribution < -0.4 is 5.73 Å². The molecule has 3 N–H and O–H groups in total. The van der Waals surface area contributed by atoms with E-state index < -0.39 is 26.5 Å². The summed E-state index contributed by atoms with van der Waals surface area (Å²) in [5, 5.41) is 0. The molecule has 0 aliphatic carbocycles. The summed E-state index contributed by atoms with van der Waals surface area (Å²) in [6.07, 6.45) is 45.3. The minimum Gasteiger partial charge on any atom is -0.462 e. The lowest BCUT2D eigenvalue weighted by molar-refractivity contribution is -0.161. The van der Waals surface area contributed by atoms with Gasteiger partial charge in [-0.25, -0.2) is 4.57 Å². The first kappa shape index (κ1) is 54.8. The number of rotatable bonds is 45. The maximum Gasteiger partial charge on any atom is 0.472 e. The number of carbonyl (C=O) groups is 2. The van der Waals surface area contributed by atoms with Crippen LogP contribution in [0.3, 0.4) is 0 Å². The highest BCUT2D eigenvalue weighted by atomic mass is 31.2. The van der Waals surface area contributed by atoms with Gasteiger partial charge in [-0.3, -0.25) is 18.6 Å². The molecule has 0 aromatic carbocycles. The Kier molecular flexibility index (Phi) is 42.4. The lowest BCUT2D eigenvalue weighted by Gasteiger charge is -2.19. The van der Waals surface area contributed by atoms with Crippen LogP contribution in [0.5, 0.6) is 0 Å². The van der Waals surface area contributed by atoms with Crippen molar-refractivity contribution in [3.8, 4) is 0 Å². The first-order valence-electron chi connectivity index (χ1n) is 23.7. The quantitative estimate of drug-likeness (QED) is 0.0266. The van der Waals surface area contributed by atoms with Crippen LogP contribution >= 0.6 is 7.82 Å². The molecule has 0 amide bonds. The topological polar surface area (TPSA) is 134 Å². The molecule has 0 aliphatic rings. The molecule has 0 radical (unpaired) electrons. The van der Waals surface area contributed by atoms with Crippen molar-refractivity contribution in [2.24, 2.45) is 5.73 Å². The lowest BCUT2D eigenvalue weighted by atomic mass is 10.0. The Morgan fingerprint density at radius 3 is 1.32 bits per heavy atom. The molecule has 0 saturated carbocycles. The van der Waals surface area contributed by atoms with Gasteiger partial charge in [0.2, 0.25) is 0 Å². The number of ether oxygens (including phenoxy) is 2. The Hall–Kier alpha value is -1.25. The van der Waals surface area contributed by atoms with Gasteiger partial charge in [-0.05, 0) is 32.1 Å². The maximum absolute atomic E-state index is 12.6. The summed E-state index contributed by atoms with van der Waals surface area (Å²) in [5.74, 6) is -0.817. The van der Waals surface area contributed by atoms with Gasteiger partial charge < -0.3 is 20.1 Å². The van der Waals surface area contributed by atoms with Crippen molar-refractivity contribution in [1.82, 2.24) is 0 Å². The average Bonchev–Trinajstić information content (AvgIpc) is 3.18. The highest BCUT2D eigenvalue weighted by Crippen LogP contribution is 2.43. The molecule has 0 rings (SSSR count). The van der Waals surface area contributed by atoms with Crippen LogP contribution in [-0.2, 0) is 32.7 Å². The molecule has 0 saturated heterocycles. The van der Waals surface area contributed by atoms with E-state index in [0.717, 1.165) is 38.5 Å². The molecular formula is C46H90NO8P. The number of phosphoric ester groups is 1. The largest absolute Gasteiger partial charge is 0.472 e. The second kappa shape index (κ2) is 43.3. The van der Waals surface area contributed by atoms with Crippen LogP contribution in [-0.4, -0.2) is 49.3 Å². The van der Waals surface area contributed by atoms with E-state index in [9.17, 15) is 19.0 Å². The number of carbonyl (C=O) groups excluding carboxylic acids is 2. The number of nitrogens with two attached hydrogens (primary N) is 1. The summed E-state index contributed by atoms with van der Waals surface area (Å²) < 4.78 is 32.8. The van der Waals surface area contributed by atoms with Crippen LogP contribution in [0.25, 0.3) is 0 Å².